The topological polar surface area (TPSA) is 76.7 Å². The van der Waals surface area contributed by atoms with E-state index in [2.05, 4.69) is 40.6 Å². The number of hydrogen-bond donors (Lipinski definition) is 2. The third-order valence-electron chi connectivity index (χ3n) is 5.17. The largest absolute Gasteiger partial charge is 0.484 e. The van der Waals surface area contributed by atoms with Crippen LogP contribution in [0.1, 0.15) is 31.7 Å². The van der Waals surface area contributed by atoms with Crippen LogP contribution in [0.3, 0.4) is 0 Å². The van der Waals surface area contributed by atoms with Gasteiger partial charge in [-0.1, -0.05) is 62.4 Å². The van der Waals surface area contributed by atoms with Crippen molar-refractivity contribution >= 4 is 27.7 Å². The number of benzene rings is 3. The number of hydrogen-bond acceptors (Lipinski definition) is 4. The van der Waals surface area contributed by atoms with E-state index in [1.807, 2.05) is 60.7 Å². The lowest BCUT2D eigenvalue weighted by atomic mass is 9.99. The smallest absolute Gasteiger partial charge is 0.276 e. The zero-order valence-corrected chi connectivity index (χ0v) is 20.2. The van der Waals surface area contributed by atoms with Crippen molar-refractivity contribution in [2.45, 2.75) is 26.2 Å². The van der Waals surface area contributed by atoms with Crippen LogP contribution >= 0.6 is 15.9 Å². The normalized spacial score (nSPS) is 11.4. The van der Waals surface area contributed by atoms with Crippen LogP contribution in [0.2, 0.25) is 0 Å². The van der Waals surface area contributed by atoms with E-state index in [9.17, 15) is 9.59 Å². The first-order valence-electron chi connectivity index (χ1n) is 10.7. The van der Waals surface area contributed by atoms with E-state index in [0.717, 1.165) is 22.0 Å². The molecule has 0 saturated heterocycles. The minimum Gasteiger partial charge on any atom is -0.484 e. The quantitative estimate of drug-likeness (QED) is 0.386. The molecule has 0 heterocycles. The van der Waals surface area contributed by atoms with Gasteiger partial charge in [-0.15, -0.1) is 0 Å². The molecule has 0 aliphatic carbocycles. The van der Waals surface area contributed by atoms with Crippen LogP contribution in [0.4, 0.5) is 0 Å². The molecule has 3 rings (SSSR count). The lowest BCUT2D eigenvalue weighted by molar-refractivity contribution is -0.131. The maximum Gasteiger partial charge on any atom is 0.276 e. The molecule has 3 aromatic carbocycles. The zero-order chi connectivity index (χ0) is 23.6. The van der Waals surface area contributed by atoms with E-state index < -0.39 is 11.8 Å². The lowest BCUT2D eigenvalue weighted by Crippen LogP contribution is -2.45. The Morgan fingerprint density at radius 2 is 1.45 bits per heavy atom. The Bertz CT molecular complexity index is 1070. The highest BCUT2D eigenvalue weighted by Gasteiger charge is 2.10. The van der Waals surface area contributed by atoms with E-state index in [-0.39, 0.29) is 13.2 Å². The first kappa shape index (κ1) is 24.3. The Kier molecular flexibility index (Phi) is 8.89. The molecule has 2 amide bonds. The Balaban J connectivity index is 1.39. The van der Waals surface area contributed by atoms with Gasteiger partial charge in [-0.3, -0.25) is 20.4 Å². The van der Waals surface area contributed by atoms with Gasteiger partial charge in [0.15, 0.2) is 13.2 Å². The summed E-state index contributed by atoms with van der Waals surface area (Å²) in [5, 5.41) is 0. The number of carbonyl (C=O) groups is 2. The van der Waals surface area contributed by atoms with Crippen molar-refractivity contribution < 1.29 is 19.1 Å². The number of hydrazine groups is 1. The molecule has 0 aliphatic rings. The molecule has 7 heteroatoms. The van der Waals surface area contributed by atoms with Gasteiger partial charge >= 0.3 is 0 Å². The molecule has 172 valence electrons. The minimum absolute atomic E-state index is 0.228. The number of amides is 2. The van der Waals surface area contributed by atoms with Crippen LogP contribution in [0.15, 0.2) is 77.3 Å². The molecule has 0 radical (unpaired) electrons. The number of carbonyl (C=O) groups excluding carboxylic acids is 2. The van der Waals surface area contributed by atoms with Crippen LogP contribution < -0.4 is 20.3 Å². The van der Waals surface area contributed by atoms with Gasteiger partial charge in [-0.05, 0) is 69.2 Å². The second kappa shape index (κ2) is 12.1. The minimum atomic E-state index is -0.478. The van der Waals surface area contributed by atoms with Crippen LogP contribution in [-0.4, -0.2) is 25.0 Å². The standard InChI is InChI=1S/C26H27BrN2O4/c1-3-18(2)21-11-14-24(23(27)15-21)33-17-26(31)29-28-25(30)16-32-22-12-9-20(10-13-22)19-7-5-4-6-8-19/h4-15,18H,3,16-17H2,1-2H3,(H,28,30)(H,29,31). The van der Waals surface area contributed by atoms with E-state index in [4.69, 9.17) is 9.47 Å². The van der Waals surface area contributed by atoms with E-state index >= 15 is 0 Å². The number of rotatable bonds is 9. The van der Waals surface area contributed by atoms with Crippen LogP contribution in [0.5, 0.6) is 11.5 Å². The summed E-state index contributed by atoms with van der Waals surface area (Å²) in [6.07, 6.45) is 1.04. The monoisotopic (exact) mass is 510 g/mol. The second-order valence-electron chi connectivity index (χ2n) is 7.56. The Labute approximate surface area is 202 Å². The molecule has 33 heavy (non-hydrogen) atoms. The maximum absolute atomic E-state index is 12.0. The summed E-state index contributed by atoms with van der Waals surface area (Å²) < 4.78 is 11.8. The van der Waals surface area contributed by atoms with Crippen molar-refractivity contribution in [2.75, 3.05) is 13.2 Å². The molecule has 3 aromatic rings. The molecule has 0 saturated carbocycles. The van der Waals surface area contributed by atoms with Crippen molar-refractivity contribution in [1.29, 1.82) is 0 Å². The number of ether oxygens (including phenoxy) is 2. The fourth-order valence-electron chi connectivity index (χ4n) is 3.05. The van der Waals surface area contributed by atoms with Crippen molar-refractivity contribution in [3.05, 3.63) is 82.8 Å². The first-order valence-corrected chi connectivity index (χ1v) is 11.5. The first-order chi connectivity index (χ1) is 16.0. The molecular weight excluding hydrogens is 484 g/mol. The van der Waals surface area contributed by atoms with Gasteiger partial charge in [-0.2, -0.15) is 0 Å². The van der Waals surface area contributed by atoms with Crippen molar-refractivity contribution in [2.24, 2.45) is 0 Å². The molecule has 0 fully saturated rings. The molecule has 0 spiro atoms. The molecule has 1 atom stereocenters. The molecule has 6 nitrogen and oxygen atoms in total. The molecule has 0 bridgehead atoms. The second-order valence-corrected chi connectivity index (χ2v) is 8.42. The summed E-state index contributed by atoms with van der Waals surface area (Å²) in [6.45, 7) is 3.83. The molecule has 1 unspecified atom stereocenters. The summed E-state index contributed by atoms with van der Waals surface area (Å²) in [4.78, 5) is 24.0. The lowest BCUT2D eigenvalue weighted by Gasteiger charge is -2.13. The highest BCUT2D eigenvalue weighted by molar-refractivity contribution is 9.10. The van der Waals surface area contributed by atoms with Gasteiger partial charge in [0, 0.05) is 0 Å². The third kappa shape index (κ3) is 7.36. The molecule has 0 aromatic heterocycles. The van der Waals surface area contributed by atoms with Crippen molar-refractivity contribution in [3.8, 4) is 22.6 Å². The Hall–Kier alpha value is -3.32. The van der Waals surface area contributed by atoms with E-state index in [1.54, 1.807) is 12.1 Å². The van der Waals surface area contributed by atoms with E-state index in [0.29, 0.717) is 17.4 Å². The van der Waals surface area contributed by atoms with Gasteiger partial charge in [-0.25, -0.2) is 0 Å². The number of halogens is 1. The summed E-state index contributed by atoms with van der Waals surface area (Å²) >= 11 is 3.47. The van der Waals surface area contributed by atoms with Gasteiger partial charge in [0.1, 0.15) is 11.5 Å². The van der Waals surface area contributed by atoms with Gasteiger partial charge < -0.3 is 9.47 Å². The maximum atomic E-state index is 12.0. The van der Waals surface area contributed by atoms with Crippen LogP contribution in [-0.2, 0) is 9.59 Å². The molecule has 0 aliphatic heterocycles. The van der Waals surface area contributed by atoms with Crippen molar-refractivity contribution in [3.63, 3.8) is 0 Å². The number of nitrogens with one attached hydrogen (secondary N) is 2. The highest BCUT2D eigenvalue weighted by atomic mass is 79.9. The summed E-state index contributed by atoms with van der Waals surface area (Å²) in [6, 6.07) is 23.2. The van der Waals surface area contributed by atoms with Crippen LogP contribution in [0, 0.1) is 0 Å². The fraction of sp³-hybridized carbons (Fsp3) is 0.231. The van der Waals surface area contributed by atoms with E-state index in [1.165, 1.54) is 5.56 Å². The summed E-state index contributed by atoms with van der Waals surface area (Å²) in [5.74, 6) is 0.608. The Morgan fingerprint density at radius 3 is 2.06 bits per heavy atom. The fourth-order valence-corrected chi connectivity index (χ4v) is 3.57. The SMILES string of the molecule is CCC(C)c1ccc(OCC(=O)NNC(=O)COc2ccc(-c3ccccc3)cc2)c(Br)c1. The molecule has 2 N–H and O–H groups in total. The molecular formula is C26H27BrN2O4. The third-order valence-corrected chi connectivity index (χ3v) is 5.79. The summed E-state index contributed by atoms with van der Waals surface area (Å²) in [7, 11) is 0. The van der Waals surface area contributed by atoms with Crippen molar-refractivity contribution in [1.82, 2.24) is 10.9 Å². The average Bonchev–Trinajstić information content (AvgIpc) is 2.85. The predicted molar refractivity (Wildman–Crippen MR) is 132 cm³/mol. The zero-order valence-electron chi connectivity index (χ0n) is 18.6. The van der Waals surface area contributed by atoms with Gasteiger partial charge in [0.05, 0.1) is 4.47 Å². The average molecular weight is 511 g/mol. The summed E-state index contributed by atoms with van der Waals surface area (Å²) in [5.41, 5.74) is 7.99. The highest BCUT2D eigenvalue weighted by Crippen LogP contribution is 2.30. The Morgan fingerprint density at radius 1 is 0.848 bits per heavy atom. The van der Waals surface area contributed by atoms with Crippen LogP contribution in [0.25, 0.3) is 11.1 Å². The predicted octanol–water partition coefficient (Wildman–Crippen LogP) is 5.23. The van der Waals surface area contributed by atoms with Gasteiger partial charge in [0.25, 0.3) is 11.8 Å². The van der Waals surface area contributed by atoms with Gasteiger partial charge in [0.2, 0.25) is 0 Å².